The number of rotatable bonds is 6. The highest BCUT2D eigenvalue weighted by atomic mass is 79.9. The number of primary amides is 1. The number of ether oxygens (including phenoxy) is 1. The maximum Gasteiger partial charge on any atom is 0.248 e. The van der Waals surface area contributed by atoms with Gasteiger partial charge in [-0.3, -0.25) is 4.79 Å². The van der Waals surface area contributed by atoms with E-state index in [4.69, 9.17) is 16.2 Å². The summed E-state index contributed by atoms with van der Waals surface area (Å²) >= 11 is 3.39. The van der Waals surface area contributed by atoms with E-state index in [-0.39, 0.29) is 0 Å². The highest BCUT2D eigenvalue weighted by Crippen LogP contribution is 2.23. The highest BCUT2D eigenvalue weighted by Gasteiger charge is 2.05. The lowest BCUT2D eigenvalue weighted by Crippen LogP contribution is -2.14. The van der Waals surface area contributed by atoms with Crippen LogP contribution in [0.5, 0.6) is 5.75 Å². The van der Waals surface area contributed by atoms with Gasteiger partial charge in [0, 0.05) is 22.3 Å². The van der Waals surface area contributed by atoms with E-state index in [0.29, 0.717) is 30.2 Å². The fourth-order valence-corrected chi connectivity index (χ4v) is 2.29. The van der Waals surface area contributed by atoms with Gasteiger partial charge in [0.25, 0.3) is 0 Å². The predicted molar refractivity (Wildman–Crippen MR) is 87.5 cm³/mol. The molecule has 0 aliphatic heterocycles. The smallest absolute Gasteiger partial charge is 0.248 e. The molecule has 110 valence electrons. The van der Waals surface area contributed by atoms with Crippen LogP contribution in [0.25, 0.3) is 0 Å². The predicted octanol–water partition coefficient (Wildman–Crippen LogP) is 2.62. The summed E-state index contributed by atoms with van der Waals surface area (Å²) < 4.78 is 6.36. The summed E-state index contributed by atoms with van der Waals surface area (Å²) in [6, 6.07) is 12.5. The quantitative estimate of drug-likeness (QED) is 0.552. The van der Waals surface area contributed by atoms with Gasteiger partial charge < -0.3 is 21.5 Å². The van der Waals surface area contributed by atoms with Crippen molar-refractivity contribution in [2.24, 2.45) is 5.73 Å². The number of nitrogen functional groups attached to an aromatic ring is 1. The van der Waals surface area contributed by atoms with Crippen molar-refractivity contribution in [2.45, 2.75) is 0 Å². The van der Waals surface area contributed by atoms with Gasteiger partial charge in [0.2, 0.25) is 5.91 Å². The summed E-state index contributed by atoms with van der Waals surface area (Å²) in [5.74, 6) is 0.215. The van der Waals surface area contributed by atoms with Crippen LogP contribution < -0.4 is 21.5 Å². The molecule has 2 aromatic carbocycles. The van der Waals surface area contributed by atoms with E-state index in [1.807, 2.05) is 18.2 Å². The number of hydrogen-bond donors (Lipinski definition) is 3. The first-order chi connectivity index (χ1) is 10.1. The van der Waals surface area contributed by atoms with Crippen LogP contribution in [0.2, 0.25) is 0 Å². The number of nitrogens with two attached hydrogens (primary N) is 2. The Bertz CT molecular complexity index is 647. The summed E-state index contributed by atoms with van der Waals surface area (Å²) in [6.07, 6.45) is 0. The Morgan fingerprint density at radius 2 is 2.00 bits per heavy atom. The largest absolute Gasteiger partial charge is 0.490 e. The van der Waals surface area contributed by atoms with E-state index in [0.717, 1.165) is 10.2 Å². The Hall–Kier alpha value is -2.21. The molecule has 0 unspecified atom stereocenters. The molecule has 0 saturated carbocycles. The third kappa shape index (κ3) is 4.13. The number of carbonyl (C=O) groups is 1. The van der Waals surface area contributed by atoms with E-state index in [2.05, 4.69) is 21.2 Å². The summed E-state index contributed by atoms with van der Waals surface area (Å²) in [5.41, 5.74) is 12.9. The average molecular weight is 350 g/mol. The lowest BCUT2D eigenvalue weighted by Gasteiger charge is -2.11. The van der Waals surface area contributed by atoms with Crippen LogP contribution in [0.3, 0.4) is 0 Å². The zero-order valence-electron chi connectivity index (χ0n) is 11.3. The number of hydrogen-bond acceptors (Lipinski definition) is 4. The molecule has 0 saturated heterocycles. The van der Waals surface area contributed by atoms with Crippen molar-refractivity contribution in [1.29, 1.82) is 0 Å². The zero-order valence-corrected chi connectivity index (χ0v) is 12.9. The molecule has 0 aliphatic rings. The molecule has 21 heavy (non-hydrogen) atoms. The number of halogens is 1. The molecule has 6 heteroatoms. The highest BCUT2D eigenvalue weighted by molar-refractivity contribution is 9.10. The van der Waals surface area contributed by atoms with Gasteiger partial charge >= 0.3 is 0 Å². The maximum absolute atomic E-state index is 11.1. The van der Waals surface area contributed by atoms with Crippen LogP contribution in [0, 0.1) is 0 Å². The fourth-order valence-electron chi connectivity index (χ4n) is 1.77. The summed E-state index contributed by atoms with van der Waals surface area (Å²) in [4.78, 5) is 11.1. The lowest BCUT2D eigenvalue weighted by molar-refractivity contribution is 0.100. The van der Waals surface area contributed by atoms with Crippen LogP contribution in [-0.4, -0.2) is 19.1 Å². The van der Waals surface area contributed by atoms with Crippen molar-refractivity contribution in [3.8, 4) is 5.75 Å². The molecule has 0 fully saturated rings. The molecule has 5 nitrogen and oxygen atoms in total. The molecule has 0 radical (unpaired) electrons. The third-order valence-electron chi connectivity index (χ3n) is 2.85. The molecule has 0 atom stereocenters. The first-order valence-electron chi connectivity index (χ1n) is 6.38. The number of para-hydroxylation sites is 2. The number of amides is 1. The van der Waals surface area contributed by atoms with Gasteiger partial charge in [-0.15, -0.1) is 0 Å². The van der Waals surface area contributed by atoms with Crippen molar-refractivity contribution in [3.05, 3.63) is 52.5 Å². The first kappa shape index (κ1) is 15.2. The molecule has 2 rings (SSSR count). The summed E-state index contributed by atoms with van der Waals surface area (Å²) in [5, 5.41) is 3.20. The van der Waals surface area contributed by atoms with E-state index in [1.54, 1.807) is 24.3 Å². The van der Waals surface area contributed by atoms with Crippen LogP contribution in [0.4, 0.5) is 11.4 Å². The fraction of sp³-hybridized carbons (Fsp3) is 0.133. The van der Waals surface area contributed by atoms with E-state index in [9.17, 15) is 4.79 Å². The third-order valence-corrected chi connectivity index (χ3v) is 3.50. The van der Waals surface area contributed by atoms with Crippen LogP contribution >= 0.6 is 15.9 Å². The second-order valence-corrected chi connectivity index (χ2v) is 5.23. The van der Waals surface area contributed by atoms with Crippen LogP contribution in [-0.2, 0) is 0 Å². The Labute approximate surface area is 131 Å². The van der Waals surface area contributed by atoms with Gasteiger partial charge in [0.1, 0.15) is 12.4 Å². The van der Waals surface area contributed by atoms with Crippen molar-refractivity contribution < 1.29 is 9.53 Å². The van der Waals surface area contributed by atoms with Crippen LogP contribution in [0.1, 0.15) is 10.4 Å². The SMILES string of the molecule is NC(=O)c1ccc(NCCOc2ccccc2N)c(Br)c1. The van der Waals surface area contributed by atoms with Crippen molar-refractivity contribution in [3.63, 3.8) is 0 Å². The molecule has 2 aromatic rings. The molecule has 0 spiro atoms. The monoisotopic (exact) mass is 349 g/mol. The minimum Gasteiger partial charge on any atom is -0.490 e. The topological polar surface area (TPSA) is 90.4 Å². The number of carbonyl (C=O) groups excluding carboxylic acids is 1. The van der Waals surface area contributed by atoms with Gasteiger partial charge in [-0.25, -0.2) is 0 Å². The number of anilines is 2. The molecular weight excluding hydrogens is 334 g/mol. The first-order valence-corrected chi connectivity index (χ1v) is 7.18. The zero-order chi connectivity index (χ0) is 15.2. The Morgan fingerprint density at radius 3 is 2.67 bits per heavy atom. The summed E-state index contributed by atoms with van der Waals surface area (Å²) in [6.45, 7) is 1.07. The van der Waals surface area contributed by atoms with E-state index < -0.39 is 5.91 Å². The minimum absolute atomic E-state index is 0.454. The molecule has 5 N–H and O–H groups in total. The lowest BCUT2D eigenvalue weighted by atomic mass is 10.2. The average Bonchev–Trinajstić information content (AvgIpc) is 2.46. The Kier molecular flexibility index (Phi) is 5.05. The molecular formula is C15H16BrN3O2. The van der Waals surface area contributed by atoms with E-state index in [1.165, 1.54) is 0 Å². The second-order valence-electron chi connectivity index (χ2n) is 4.37. The molecule has 0 heterocycles. The molecule has 1 amide bonds. The standard InChI is InChI=1S/C15H16BrN3O2/c16-11-9-10(15(18)20)5-6-13(11)19-7-8-21-14-4-2-1-3-12(14)17/h1-6,9,19H,7-8,17H2,(H2,18,20). The van der Waals surface area contributed by atoms with Crippen molar-refractivity contribution >= 4 is 33.2 Å². The maximum atomic E-state index is 11.1. The number of nitrogens with one attached hydrogen (secondary N) is 1. The summed E-state index contributed by atoms with van der Waals surface area (Å²) in [7, 11) is 0. The molecule has 0 aliphatic carbocycles. The van der Waals surface area contributed by atoms with Gasteiger partial charge in [-0.05, 0) is 46.3 Å². The van der Waals surface area contributed by atoms with Gasteiger partial charge in [0.15, 0.2) is 0 Å². The van der Waals surface area contributed by atoms with E-state index >= 15 is 0 Å². The molecule has 0 aromatic heterocycles. The van der Waals surface area contributed by atoms with Gasteiger partial charge in [-0.2, -0.15) is 0 Å². The van der Waals surface area contributed by atoms with Crippen molar-refractivity contribution in [1.82, 2.24) is 0 Å². The second kappa shape index (κ2) is 6.99. The molecule has 0 bridgehead atoms. The normalized spacial score (nSPS) is 10.1. The van der Waals surface area contributed by atoms with Crippen LogP contribution in [0.15, 0.2) is 46.9 Å². The van der Waals surface area contributed by atoms with Crippen molar-refractivity contribution in [2.75, 3.05) is 24.2 Å². The Morgan fingerprint density at radius 1 is 1.24 bits per heavy atom. The minimum atomic E-state index is -0.454. The van der Waals surface area contributed by atoms with Gasteiger partial charge in [-0.1, -0.05) is 12.1 Å². The van der Waals surface area contributed by atoms with Gasteiger partial charge in [0.05, 0.1) is 5.69 Å². The Balaban J connectivity index is 1.87. The number of benzene rings is 2.